The van der Waals surface area contributed by atoms with Crippen molar-refractivity contribution in [1.82, 2.24) is 9.97 Å². The monoisotopic (exact) mass is 493 g/mol. The molecule has 1 heterocycles. The van der Waals surface area contributed by atoms with E-state index in [1.807, 2.05) is 38.1 Å². The number of para-hydroxylation sites is 2. The first-order valence-corrected chi connectivity index (χ1v) is 12.3. The molecule has 0 bridgehead atoms. The highest BCUT2D eigenvalue weighted by Crippen LogP contribution is 2.33. The van der Waals surface area contributed by atoms with Gasteiger partial charge in [0.05, 0.1) is 12.8 Å². The van der Waals surface area contributed by atoms with Crippen molar-refractivity contribution in [3.05, 3.63) is 90.2 Å². The third-order valence-corrected chi connectivity index (χ3v) is 6.56. The summed E-state index contributed by atoms with van der Waals surface area (Å²) < 4.78 is 53.9. The molecule has 0 aliphatic carbocycles. The van der Waals surface area contributed by atoms with E-state index in [1.165, 1.54) is 31.4 Å². The zero-order valence-electron chi connectivity index (χ0n) is 19.4. The van der Waals surface area contributed by atoms with Crippen LogP contribution < -0.4 is 14.2 Å². The molecule has 0 amide bonds. The molecule has 1 N–H and O–H groups in total. The predicted molar refractivity (Wildman–Crippen MR) is 132 cm³/mol. The standard InChI is InChI=1S/C26H24FN3O4S/c1-17(2)18-10-4-5-11-19(18)21-16-25(34-22-13-7-6-12-20(22)27)29-26(28-21)30-35(31,32)24-15-9-8-14-23(24)33-3/h4-17H,1-3H3,(H,28,29,30). The van der Waals surface area contributed by atoms with Crippen LogP contribution in [0.25, 0.3) is 11.3 Å². The zero-order chi connectivity index (χ0) is 25.0. The van der Waals surface area contributed by atoms with Gasteiger partial charge in [-0.25, -0.2) is 22.5 Å². The average molecular weight is 494 g/mol. The van der Waals surface area contributed by atoms with Gasteiger partial charge >= 0.3 is 0 Å². The minimum absolute atomic E-state index is 0.0172. The molecule has 0 fully saturated rings. The van der Waals surface area contributed by atoms with Crippen LogP contribution >= 0.6 is 0 Å². The summed E-state index contributed by atoms with van der Waals surface area (Å²) in [6.07, 6.45) is 0. The van der Waals surface area contributed by atoms with E-state index in [0.29, 0.717) is 5.69 Å². The van der Waals surface area contributed by atoms with Gasteiger partial charge in [0.1, 0.15) is 10.6 Å². The van der Waals surface area contributed by atoms with Crippen LogP contribution in [0.4, 0.5) is 10.3 Å². The van der Waals surface area contributed by atoms with E-state index >= 15 is 0 Å². The van der Waals surface area contributed by atoms with E-state index in [-0.39, 0.29) is 34.1 Å². The Morgan fingerprint density at radius 1 is 0.886 bits per heavy atom. The van der Waals surface area contributed by atoms with E-state index in [9.17, 15) is 12.8 Å². The predicted octanol–water partition coefficient (Wildman–Crippen LogP) is 6.01. The fraction of sp³-hybridized carbons (Fsp3) is 0.154. The van der Waals surface area contributed by atoms with E-state index in [2.05, 4.69) is 14.7 Å². The van der Waals surface area contributed by atoms with Crippen molar-refractivity contribution in [2.45, 2.75) is 24.7 Å². The number of sulfonamides is 1. The molecule has 0 saturated carbocycles. The van der Waals surface area contributed by atoms with Gasteiger partial charge in [0.15, 0.2) is 11.6 Å². The SMILES string of the molecule is COc1ccccc1S(=O)(=O)Nc1nc(Oc2ccccc2F)cc(-c2ccccc2C(C)C)n1. The van der Waals surface area contributed by atoms with Gasteiger partial charge in [0.25, 0.3) is 10.0 Å². The number of benzene rings is 3. The number of halogens is 1. The van der Waals surface area contributed by atoms with Crippen LogP contribution in [0, 0.1) is 5.82 Å². The minimum Gasteiger partial charge on any atom is -0.495 e. The Hall–Kier alpha value is -3.98. The molecule has 0 aliphatic rings. The Labute approximate surface area is 203 Å². The molecule has 1 aromatic heterocycles. The maximum Gasteiger partial charge on any atom is 0.267 e. The lowest BCUT2D eigenvalue weighted by Gasteiger charge is -2.15. The number of methoxy groups -OCH3 is 1. The smallest absolute Gasteiger partial charge is 0.267 e. The van der Waals surface area contributed by atoms with Gasteiger partial charge in [0, 0.05) is 11.6 Å². The molecule has 4 rings (SSSR count). The zero-order valence-corrected chi connectivity index (χ0v) is 20.2. The number of hydrogen-bond donors (Lipinski definition) is 1. The summed E-state index contributed by atoms with van der Waals surface area (Å²) in [5.74, 6) is -0.524. The molecule has 0 spiro atoms. The number of aromatic nitrogens is 2. The maximum atomic E-state index is 14.3. The third-order valence-electron chi connectivity index (χ3n) is 5.20. The average Bonchev–Trinajstić information content (AvgIpc) is 2.85. The number of hydrogen-bond acceptors (Lipinski definition) is 6. The molecule has 0 atom stereocenters. The van der Waals surface area contributed by atoms with Gasteiger partial charge in [-0.2, -0.15) is 4.98 Å². The van der Waals surface area contributed by atoms with Crippen molar-refractivity contribution in [2.24, 2.45) is 0 Å². The Bertz CT molecular complexity index is 1460. The van der Waals surface area contributed by atoms with Crippen molar-refractivity contribution in [3.8, 4) is 28.6 Å². The van der Waals surface area contributed by atoms with Crippen molar-refractivity contribution in [1.29, 1.82) is 0 Å². The van der Waals surface area contributed by atoms with E-state index in [1.54, 1.807) is 30.3 Å². The number of nitrogens with one attached hydrogen (secondary N) is 1. The quantitative estimate of drug-likeness (QED) is 0.323. The van der Waals surface area contributed by atoms with Crippen LogP contribution in [0.5, 0.6) is 17.4 Å². The molecular formula is C26H24FN3O4S. The largest absolute Gasteiger partial charge is 0.495 e. The van der Waals surface area contributed by atoms with Crippen molar-refractivity contribution in [3.63, 3.8) is 0 Å². The van der Waals surface area contributed by atoms with Crippen LogP contribution in [-0.4, -0.2) is 25.5 Å². The summed E-state index contributed by atoms with van der Waals surface area (Å²) in [4.78, 5) is 8.59. The first-order chi connectivity index (χ1) is 16.8. The number of rotatable bonds is 8. The van der Waals surface area contributed by atoms with Crippen molar-refractivity contribution >= 4 is 16.0 Å². The number of nitrogens with zero attached hydrogens (tertiary/aromatic N) is 2. The van der Waals surface area contributed by atoms with Gasteiger partial charge in [-0.15, -0.1) is 0 Å². The van der Waals surface area contributed by atoms with Crippen LogP contribution in [0.3, 0.4) is 0 Å². The third kappa shape index (κ3) is 5.41. The maximum absolute atomic E-state index is 14.3. The lowest BCUT2D eigenvalue weighted by atomic mass is 9.95. The molecule has 35 heavy (non-hydrogen) atoms. The highest BCUT2D eigenvalue weighted by atomic mass is 32.2. The topological polar surface area (TPSA) is 90.4 Å². The summed E-state index contributed by atoms with van der Waals surface area (Å²) in [5.41, 5.74) is 2.20. The van der Waals surface area contributed by atoms with E-state index in [4.69, 9.17) is 9.47 Å². The molecule has 3 aromatic carbocycles. The summed E-state index contributed by atoms with van der Waals surface area (Å²) >= 11 is 0. The van der Waals surface area contributed by atoms with Gasteiger partial charge in [0.2, 0.25) is 11.8 Å². The second-order valence-corrected chi connectivity index (χ2v) is 9.60. The first-order valence-electron chi connectivity index (χ1n) is 10.8. The Balaban J connectivity index is 1.82. The molecular weight excluding hydrogens is 469 g/mol. The highest BCUT2D eigenvalue weighted by Gasteiger charge is 2.22. The fourth-order valence-corrected chi connectivity index (χ4v) is 4.67. The summed E-state index contributed by atoms with van der Waals surface area (Å²) in [6.45, 7) is 4.09. The fourth-order valence-electron chi connectivity index (χ4n) is 3.55. The normalized spacial score (nSPS) is 11.3. The van der Waals surface area contributed by atoms with Gasteiger partial charge in [-0.1, -0.05) is 62.4 Å². The lowest BCUT2D eigenvalue weighted by molar-refractivity contribution is 0.403. The van der Waals surface area contributed by atoms with E-state index < -0.39 is 15.8 Å². The second kappa shape index (κ2) is 10.1. The van der Waals surface area contributed by atoms with Crippen LogP contribution in [0.1, 0.15) is 25.3 Å². The van der Waals surface area contributed by atoms with E-state index in [0.717, 1.165) is 11.1 Å². The Morgan fingerprint density at radius 2 is 1.54 bits per heavy atom. The Kier molecular flexibility index (Phi) is 6.97. The molecule has 7 nitrogen and oxygen atoms in total. The van der Waals surface area contributed by atoms with Gasteiger partial charge < -0.3 is 9.47 Å². The van der Waals surface area contributed by atoms with Crippen LogP contribution in [-0.2, 0) is 10.0 Å². The molecule has 0 aliphatic heterocycles. The first kappa shape index (κ1) is 24.2. The number of anilines is 1. The van der Waals surface area contributed by atoms with Crippen LogP contribution in [0.2, 0.25) is 0 Å². The lowest BCUT2D eigenvalue weighted by Crippen LogP contribution is -2.16. The second-order valence-electron chi connectivity index (χ2n) is 7.95. The summed E-state index contributed by atoms with van der Waals surface area (Å²) in [5, 5.41) is 0. The molecule has 0 saturated heterocycles. The minimum atomic E-state index is -4.11. The van der Waals surface area contributed by atoms with Gasteiger partial charge in [-0.3, -0.25) is 0 Å². The van der Waals surface area contributed by atoms with Crippen molar-refractivity contribution in [2.75, 3.05) is 11.8 Å². The molecule has 180 valence electrons. The van der Waals surface area contributed by atoms with Gasteiger partial charge in [-0.05, 0) is 35.7 Å². The highest BCUT2D eigenvalue weighted by molar-refractivity contribution is 7.92. The summed E-state index contributed by atoms with van der Waals surface area (Å²) in [7, 11) is -2.73. The molecule has 0 radical (unpaired) electrons. The summed E-state index contributed by atoms with van der Waals surface area (Å²) in [6, 6.07) is 21.3. The molecule has 4 aromatic rings. The Morgan fingerprint density at radius 3 is 2.26 bits per heavy atom. The van der Waals surface area contributed by atoms with Crippen LogP contribution in [0.15, 0.2) is 83.8 Å². The molecule has 9 heteroatoms. The molecule has 0 unspecified atom stereocenters. The van der Waals surface area contributed by atoms with Crippen molar-refractivity contribution < 1.29 is 22.3 Å². The number of ether oxygens (including phenoxy) is 2.